The quantitative estimate of drug-likeness (QED) is 0.486. The molecule has 0 saturated heterocycles. The summed E-state index contributed by atoms with van der Waals surface area (Å²) < 4.78 is 29.4. The van der Waals surface area contributed by atoms with Gasteiger partial charge in [-0.15, -0.1) is 0 Å². The standard InChI is InChI=1S/C11H25NO3S/c1-10(2)6-4-7-11(3)12-8-5-9-16(13,14)15/h10-12H,4-9H2,1-3H3,(H,13,14,15). The molecule has 2 N–H and O–H groups in total. The Morgan fingerprint density at radius 2 is 1.75 bits per heavy atom. The molecule has 0 aliphatic carbocycles. The summed E-state index contributed by atoms with van der Waals surface area (Å²) in [6.45, 7) is 7.17. The smallest absolute Gasteiger partial charge is 0.264 e. The van der Waals surface area contributed by atoms with Gasteiger partial charge in [-0.2, -0.15) is 8.42 Å². The summed E-state index contributed by atoms with van der Waals surface area (Å²) in [6.07, 6.45) is 4.01. The Morgan fingerprint density at radius 1 is 1.12 bits per heavy atom. The van der Waals surface area contributed by atoms with Crippen LogP contribution in [0.5, 0.6) is 0 Å². The van der Waals surface area contributed by atoms with Crippen molar-refractivity contribution in [1.29, 1.82) is 0 Å². The van der Waals surface area contributed by atoms with Crippen LogP contribution in [0.15, 0.2) is 0 Å². The first-order chi connectivity index (χ1) is 7.31. The molecule has 0 aromatic carbocycles. The molecule has 0 fully saturated rings. The predicted octanol–water partition coefficient (Wildman–Crippen LogP) is 2.07. The van der Waals surface area contributed by atoms with Crippen molar-refractivity contribution in [3.05, 3.63) is 0 Å². The maximum Gasteiger partial charge on any atom is 0.264 e. The fourth-order valence-electron chi connectivity index (χ4n) is 1.54. The van der Waals surface area contributed by atoms with Crippen molar-refractivity contribution in [1.82, 2.24) is 5.32 Å². The molecule has 0 aliphatic heterocycles. The van der Waals surface area contributed by atoms with Gasteiger partial charge in [0.2, 0.25) is 0 Å². The Bertz CT molecular complexity index is 262. The van der Waals surface area contributed by atoms with Gasteiger partial charge < -0.3 is 5.32 Å². The second kappa shape index (κ2) is 8.03. The summed E-state index contributed by atoms with van der Waals surface area (Å²) in [5, 5.41) is 3.25. The molecular formula is C11H25NO3S. The largest absolute Gasteiger partial charge is 0.314 e. The van der Waals surface area contributed by atoms with Crippen molar-refractivity contribution < 1.29 is 13.0 Å². The molecule has 0 rings (SSSR count). The van der Waals surface area contributed by atoms with Crippen LogP contribution in [0.1, 0.15) is 46.5 Å². The van der Waals surface area contributed by atoms with Crippen LogP contribution < -0.4 is 5.32 Å². The summed E-state index contributed by atoms with van der Waals surface area (Å²) in [6, 6.07) is 0.417. The zero-order chi connectivity index (χ0) is 12.6. The van der Waals surface area contributed by atoms with Gasteiger partial charge in [0.15, 0.2) is 0 Å². The number of hydrogen-bond acceptors (Lipinski definition) is 3. The van der Waals surface area contributed by atoms with Gasteiger partial charge in [0.1, 0.15) is 0 Å². The lowest BCUT2D eigenvalue weighted by molar-refractivity contribution is 0.452. The number of nitrogens with one attached hydrogen (secondary N) is 1. The first kappa shape index (κ1) is 15.9. The van der Waals surface area contributed by atoms with E-state index in [1.807, 2.05) is 0 Å². The summed E-state index contributed by atoms with van der Waals surface area (Å²) >= 11 is 0. The number of hydrogen-bond donors (Lipinski definition) is 2. The second-order valence-corrected chi connectivity index (χ2v) is 6.39. The highest BCUT2D eigenvalue weighted by atomic mass is 32.2. The number of rotatable bonds is 9. The molecule has 0 radical (unpaired) electrons. The first-order valence-corrected chi connectivity index (χ1v) is 7.60. The molecule has 0 aliphatic rings. The molecule has 4 nitrogen and oxygen atoms in total. The topological polar surface area (TPSA) is 66.4 Å². The fraction of sp³-hybridized carbons (Fsp3) is 1.00. The van der Waals surface area contributed by atoms with Gasteiger partial charge in [-0.05, 0) is 32.2 Å². The maximum atomic E-state index is 10.5. The van der Waals surface area contributed by atoms with Crippen LogP contribution in [0.4, 0.5) is 0 Å². The Hall–Kier alpha value is -0.130. The van der Waals surface area contributed by atoms with Gasteiger partial charge in [-0.25, -0.2) is 0 Å². The molecule has 5 heteroatoms. The third-order valence-electron chi connectivity index (χ3n) is 2.49. The van der Waals surface area contributed by atoms with Gasteiger partial charge in [-0.1, -0.05) is 26.7 Å². The van der Waals surface area contributed by atoms with Crippen LogP contribution in [-0.4, -0.2) is 31.3 Å². The van der Waals surface area contributed by atoms with Crippen molar-refractivity contribution in [3.63, 3.8) is 0 Å². The van der Waals surface area contributed by atoms with Gasteiger partial charge in [0.05, 0.1) is 5.75 Å². The summed E-state index contributed by atoms with van der Waals surface area (Å²) in [4.78, 5) is 0. The van der Waals surface area contributed by atoms with Gasteiger partial charge in [-0.3, -0.25) is 4.55 Å². The van der Waals surface area contributed by atoms with E-state index in [1.54, 1.807) is 0 Å². The summed E-state index contributed by atoms with van der Waals surface area (Å²) in [5.41, 5.74) is 0. The molecule has 0 aromatic heterocycles. The molecular weight excluding hydrogens is 226 g/mol. The molecule has 16 heavy (non-hydrogen) atoms. The van der Waals surface area contributed by atoms with Crippen LogP contribution in [-0.2, 0) is 10.1 Å². The maximum absolute atomic E-state index is 10.5. The molecule has 0 spiro atoms. The molecule has 0 saturated carbocycles. The van der Waals surface area contributed by atoms with E-state index in [9.17, 15) is 8.42 Å². The van der Waals surface area contributed by atoms with E-state index in [0.29, 0.717) is 19.0 Å². The minimum Gasteiger partial charge on any atom is -0.314 e. The van der Waals surface area contributed by atoms with Gasteiger partial charge in [0, 0.05) is 6.04 Å². The van der Waals surface area contributed by atoms with Crippen molar-refractivity contribution >= 4 is 10.1 Å². The third-order valence-corrected chi connectivity index (χ3v) is 3.30. The first-order valence-electron chi connectivity index (χ1n) is 6.00. The third kappa shape index (κ3) is 11.9. The van der Waals surface area contributed by atoms with Crippen molar-refractivity contribution in [3.8, 4) is 0 Å². The van der Waals surface area contributed by atoms with E-state index in [4.69, 9.17) is 4.55 Å². The average Bonchev–Trinajstić information content (AvgIpc) is 2.10. The van der Waals surface area contributed by atoms with E-state index in [1.165, 1.54) is 12.8 Å². The highest BCUT2D eigenvalue weighted by Gasteiger charge is 2.05. The van der Waals surface area contributed by atoms with Gasteiger partial charge in [0.25, 0.3) is 10.1 Å². The van der Waals surface area contributed by atoms with Crippen molar-refractivity contribution in [2.45, 2.75) is 52.5 Å². The highest BCUT2D eigenvalue weighted by Crippen LogP contribution is 2.08. The molecule has 1 unspecified atom stereocenters. The lowest BCUT2D eigenvalue weighted by Gasteiger charge is -2.13. The molecule has 0 bridgehead atoms. The SMILES string of the molecule is CC(C)CCCC(C)NCCCS(=O)(=O)O. The van der Waals surface area contributed by atoms with E-state index in [2.05, 4.69) is 26.1 Å². The Morgan fingerprint density at radius 3 is 2.25 bits per heavy atom. The normalized spacial score (nSPS) is 14.3. The van der Waals surface area contributed by atoms with Crippen molar-refractivity contribution in [2.75, 3.05) is 12.3 Å². The fourth-order valence-corrected chi connectivity index (χ4v) is 2.05. The van der Waals surface area contributed by atoms with E-state index in [-0.39, 0.29) is 5.75 Å². The summed E-state index contributed by atoms with van der Waals surface area (Å²) in [5.74, 6) is 0.588. The monoisotopic (exact) mass is 251 g/mol. The lowest BCUT2D eigenvalue weighted by Crippen LogP contribution is -2.28. The highest BCUT2D eigenvalue weighted by molar-refractivity contribution is 7.85. The van der Waals surface area contributed by atoms with Crippen LogP contribution in [0.2, 0.25) is 0 Å². The Kier molecular flexibility index (Phi) is 7.97. The van der Waals surface area contributed by atoms with E-state index < -0.39 is 10.1 Å². The van der Waals surface area contributed by atoms with E-state index in [0.717, 1.165) is 12.3 Å². The van der Waals surface area contributed by atoms with Gasteiger partial charge >= 0.3 is 0 Å². The summed E-state index contributed by atoms with van der Waals surface area (Å²) in [7, 11) is -3.79. The Labute approximate surface area is 99.6 Å². The lowest BCUT2D eigenvalue weighted by atomic mass is 10.0. The average molecular weight is 251 g/mol. The molecule has 1 atom stereocenters. The molecule has 0 aromatic rings. The minimum absolute atomic E-state index is 0.154. The second-order valence-electron chi connectivity index (χ2n) is 4.82. The van der Waals surface area contributed by atoms with E-state index >= 15 is 0 Å². The molecule has 0 amide bonds. The molecule has 98 valence electrons. The zero-order valence-corrected chi connectivity index (χ0v) is 11.4. The molecule has 0 heterocycles. The Balaban J connectivity index is 3.40. The zero-order valence-electron chi connectivity index (χ0n) is 10.6. The van der Waals surface area contributed by atoms with Crippen molar-refractivity contribution in [2.24, 2.45) is 5.92 Å². The van der Waals surface area contributed by atoms with Crippen LogP contribution in [0, 0.1) is 5.92 Å². The predicted molar refractivity (Wildman–Crippen MR) is 67.2 cm³/mol. The van der Waals surface area contributed by atoms with Crippen LogP contribution >= 0.6 is 0 Å². The van der Waals surface area contributed by atoms with Crippen LogP contribution in [0.3, 0.4) is 0 Å². The van der Waals surface area contributed by atoms with Crippen LogP contribution in [0.25, 0.3) is 0 Å². The minimum atomic E-state index is -3.79.